The molecule has 2 atom stereocenters. The van der Waals surface area contributed by atoms with Gasteiger partial charge in [0.05, 0.1) is 30.8 Å². The first-order valence-electron chi connectivity index (χ1n) is 11.7. The van der Waals surface area contributed by atoms with Gasteiger partial charge < -0.3 is 20.3 Å². The first-order valence-corrected chi connectivity index (χ1v) is 13.0. The second-order valence-electron chi connectivity index (χ2n) is 8.68. The Morgan fingerprint density at radius 1 is 1.22 bits per heavy atom. The third-order valence-electron chi connectivity index (χ3n) is 6.12. The predicted molar refractivity (Wildman–Crippen MR) is 146 cm³/mol. The SMILES string of the molecule is CC[C@@H](C)NC(=O)CC1=CSC2=NC(C)=C(C(=O)Nc3ccc(OC)cc3)[C@H](c3cccc(Cl)c3)N12. The molecule has 2 aromatic rings. The zero-order valence-electron chi connectivity index (χ0n) is 20.7. The Morgan fingerprint density at radius 3 is 2.64 bits per heavy atom. The molecule has 0 bridgehead atoms. The van der Waals surface area contributed by atoms with Gasteiger partial charge in [-0.15, -0.1) is 0 Å². The average molecular weight is 525 g/mol. The summed E-state index contributed by atoms with van der Waals surface area (Å²) < 4.78 is 5.22. The summed E-state index contributed by atoms with van der Waals surface area (Å²) in [7, 11) is 1.59. The Balaban J connectivity index is 1.69. The van der Waals surface area contributed by atoms with E-state index in [4.69, 9.17) is 21.3 Å². The minimum atomic E-state index is -0.493. The maximum Gasteiger partial charge on any atom is 0.255 e. The highest BCUT2D eigenvalue weighted by Gasteiger charge is 2.40. The van der Waals surface area contributed by atoms with Crippen LogP contribution in [0.5, 0.6) is 5.75 Å². The van der Waals surface area contributed by atoms with Gasteiger partial charge in [-0.1, -0.05) is 42.4 Å². The molecule has 2 N–H and O–H groups in total. The molecular weight excluding hydrogens is 496 g/mol. The monoisotopic (exact) mass is 524 g/mol. The van der Waals surface area contributed by atoms with Crippen molar-refractivity contribution in [1.82, 2.24) is 10.2 Å². The maximum atomic E-state index is 13.7. The zero-order chi connectivity index (χ0) is 25.8. The lowest BCUT2D eigenvalue weighted by atomic mass is 9.93. The number of nitrogens with one attached hydrogen (secondary N) is 2. The molecule has 0 saturated carbocycles. The van der Waals surface area contributed by atoms with Gasteiger partial charge in [0.25, 0.3) is 5.91 Å². The number of fused-ring (bicyclic) bond motifs is 1. The standard InChI is InChI=1S/C27H29ClN4O3S/c1-5-16(2)29-23(33)14-21-15-36-27-30-17(3)24(25(32(21)27)18-7-6-8-19(28)13-18)26(34)31-20-9-11-22(35-4)12-10-20/h6-13,15-16,25H,5,14H2,1-4H3,(H,29,33)(H,31,34)/t16-,25+/m1/s1. The zero-order valence-corrected chi connectivity index (χ0v) is 22.2. The highest BCUT2D eigenvalue weighted by atomic mass is 35.5. The van der Waals surface area contributed by atoms with Crippen LogP contribution in [0.1, 0.15) is 45.2 Å². The third-order valence-corrected chi connectivity index (χ3v) is 7.24. The number of ether oxygens (including phenoxy) is 1. The molecule has 0 aliphatic carbocycles. The lowest BCUT2D eigenvalue weighted by Crippen LogP contribution is -2.39. The number of hydrogen-bond donors (Lipinski definition) is 2. The van der Waals surface area contributed by atoms with Crippen molar-refractivity contribution in [3.63, 3.8) is 0 Å². The summed E-state index contributed by atoms with van der Waals surface area (Å²) in [6.07, 6.45) is 1.03. The van der Waals surface area contributed by atoms with Gasteiger partial charge in [0, 0.05) is 22.4 Å². The van der Waals surface area contributed by atoms with E-state index in [2.05, 4.69) is 10.6 Å². The number of methoxy groups -OCH3 is 1. The molecule has 2 aliphatic rings. The van der Waals surface area contributed by atoms with Crippen LogP contribution < -0.4 is 15.4 Å². The van der Waals surface area contributed by atoms with Crippen molar-refractivity contribution in [2.45, 2.75) is 45.7 Å². The summed E-state index contributed by atoms with van der Waals surface area (Å²) >= 11 is 7.81. The number of carbonyl (C=O) groups excluding carboxylic acids is 2. The Morgan fingerprint density at radius 2 is 1.97 bits per heavy atom. The minimum absolute atomic E-state index is 0.0715. The number of amidine groups is 1. The van der Waals surface area contributed by atoms with Gasteiger partial charge in [0.2, 0.25) is 5.91 Å². The van der Waals surface area contributed by atoms with Crippen molar-refractivity contribution in [2.24, 2.45) is 4.99 Å². The van der Waals surface area contributed by atoms with Gasteiger partial charge >= 0.3 is 0 Å². The fourth-order valence-corrected chi connectivity index (χ4v) is 5.28. The van der Waals surface area contributed by atoms with Crippen molar-refractivity contribution in [2.75, 3.05) is 12.4 Å². The lowest BCUT2D eigenvalue weighted by Gasteiger charge is -2.36. The molecule has 0 unspecified atom stereocenters. The Hall–Kier alpha value is -3.23. The Kier molecular flexibility index (Phi) is 8.06. The van der Waals surface area contributed by atoms with Crippen LogP contribution in [0.3, 0.4) is 0 Å². The molecule has 2 amide bonds. The fraction of sp³-hybridized carbons (Fsp3) is 0.296. The average Bonchev–Trinajstić information content (AvgIpc) is 3.24. The van der Waals surface area contributed by atoms with Crippen LogP contribution in [-0.2, 0) is 9.59 Å². The molecule has 0 fully saturated rings. The number of rotatable bonds is 8. The van der Waals surface area contributed by atoms with Crippen LogP contribution in [0.15, 0.2) is 75.9 Å². The first-order chi connectivity index (χ1) is 17.3. The first kappa shape index (κ1) is 25.9. The van der Waals surface area contributed by atoms with Crippen molar-refractivity contribution < 1.29 is 14.3 Å². The smallest absolute Gasteiger partial charge is 0.255 e. The normalized spacial score (nSPS) is 17.7. The van der Waals surface area contributed by atoms with Crippen molar-refractivity contribution in [3.05, 3.63) is 81.5 Å². The van der Waals surface area contributed by atoms with Gasteiger partial charge in [-0.2, -0.15) is 0 Å². The second kappa shape index (κ2) is 11.2. The molecule has 0 aromatic heterocycles. The molecule has 2 aliphatic heterocycles. The number of allylic oxidation sites excluding steroid dienone is 1. The van der Waals surface area contributed by atoms with Crippen molar-refractivity contribution >= 4 is 46.0 Å². The van der Waals surface area contributed by atoms with Gasteiger partial charge in [0.1, 0.15) is 5.75 Å². The van der Waals surface area contributed by atoms with E-state index in [1.54, 1.807) is 37.4 Å². The number of hydrogen-bond acceptors (Lipinski definition) is 6. The van der Waals surface area contributed by atoms with E-state index in [9.17, 15) is 9.59 Å². The van der Waals surface area contributed by atoms with Gasteiger partial charge in [-0.05, 0) is 67.6 Å². The third kappa shape index (κ3) is 5.60. The quantitative estimate of drug-likeness (QED) is 0.451. The number of amides is 2. The number of benzene rings is 2. The van der Waals surface area contributed by atoms with Crippen LogP contribution in [0.4, 0.5) is 5.69 Å². The topological polar surface area (TPSA) is 83.0 Å². The van der Waals surface area contributed by atoms with Crippen LogP contribution >= 0.6 is 23.4 Å². The Labute approximate surface area is 220 Å². The molecule has 7 nitrogen and oxygen atoms in total. The van der Waals surface area contributed by atoms with Crippen molar-refractivity contribution in [1.29, 1.82) is 0 Å². The maximum absolute atomic E-state index is 13.7. The summed E-state index contributed by atoms with van der Waals surface area (Å²) in [5, 5.41) is 9.24. The molecule has 36 heavy (non-hydrogen) atoms. The number of carbonyl (C=O) groups is 2. The lowest BCUT2D eigenvalue weighted by molar-refractivity contribution is -0.121. The van der Waals surface area contributed by atoms with E-state index in [0.29, 0.717) is 27.7 Å². The van der Waals surface area contributed by atoms with E-state index in [1.807, 2.05) is 49.3 Å². The van der Waals surface area contributed by atoms with Gasteiger partial charge in [0.15, 0.2) is 5.17 Å². The highest BCUT2D eigenvalue weighted by molar-refractivity contribution is 8.16. The number of aliphatic imine (C=N–C) groups is 1. The van der Waals surface area contributed by atoms with Crippen LogP contribution in [-0.4, -0.2) is 35.0 Å². The predicted octanol–water partition coefficient (Wildman–Crippen LogP) is 5.87. The molecule has 0 spiro atoms. The molecular formula is C27H29ClN4O3S. The highest BCUT2D eigenvalue weighted by Crippen LogP contribution is 2.45. The minimum Gasteiger partial charge on any atom is -0.497 e. The second-order valence-corrected chi connectivity index (χ2v) is 9.96. The van der Waals surface area contributed by atoms with Crippen LogP contribution in [0.25, 0.3) is 0 Å². The largest absolute Gasteiger partial charge is 0.497 e. The molecule has 0 radical (unpaired) electrons. The van der Waals surface area contributed by atoms with E-state index in [1.165, 1.54) is 11.8 Å². The van der Waals surface area contributed by atoms with Gasteiger partial charge in [-0.25, -0.2) is 4.99 Å². The summed E-state index contributed by atoms with van der Waals surface area (Å²) in [6, 6.07) is 14.2. The number of nitrogens with zero attached hydrogens (tertiary/aromatic N) is 2. The van der Waals surface area contributed by atoms with E-state index in [-0.39, 0.29) is 24.3 Å². The number of halogens is 1. The van der Waals surface area contributed by atoms with Crippen molar-refractivity contribution in [3.8, 4) is 5.75 Å². The fourth-order valence-electron chi connectivity index (χ4n) is 4.12. The molecule has 9 heteroatoms. The number of anilines is 1. The Bertz CT molecular complexity index is 1260. The summed E-state index contributed by atoms with van der Waals surface area (Å²) in [5.74, 6) is 0.357. The summed E-state index contributed by atoms with van der Waals surface area (Å²) in [4.78, 5) is 33.1. The number of thioether (sulfide) groups is 1. The molecule has 2 aromatic carbocycles. The molecule has 188 valence electrons. The molecule has 2 heterocycles. The van der Waals surface area contributed by atoms with Crippen LogP contribution in [0.2, 0.25) is 5.02 Å². The summed E-state index contributed by atoms with van der Waals surface area (Å²) in [6.45, 7) is 5.84. The van der Waals surface area contributed by atoms with E-state index >= 15 is 0 Å². The van der Waals surface area contributed by atoms with E-state index < -0.39 is 6.04 Å². The van der Waals surface area contributed by atoms with E-state index in [0.717, 1.165) is 22.8 Å². The molecule has 0 saturated heterocycles. The summed E-state index contributed by atoms with van der Waals surface area (Å²) in [5.41, 5.74) is 3.37. The van der Waals surface area contributed by atoms with Gasteiger partial charge in [-0.3, -0.25) is 9.59 Å². The van der Waals surface area contributed by atoms with Crippen LogP contribution in [0, 0.1) is 0 Å². The molecule has 4 rings (SSSR count).